The van der Waals surface area contributed by atoms with Crippen LogP contribution in [0.2, 0.25) is 0 Å². The van der Waals surface area contributed by atoms with E-state index in [1.807, 2.05) is 36.4 Å². The van der Waals surface area contributed by atoms with Gasteiger partial charge in [0.05, 0.1) is 11.6 Å². The Morgan fingerprint density at radius 1 is 1.05 bits per heavy atom. The van der Waals surface area contributed by atoms with Crippen molar-refractivity contribution in [1.29, 1.82) is 0 Å². The van der Waals surface area contributed by atoms with E-state index in [0.717, 1.165) is 15.7 Å². The summed E-state index contributed by atoms with van der Waals surface area (Å²) < 4.78 is 1.05. The quantitative estimate of drug-likeness (QED) is 0.847. The highest BCUT2D eigenvalue weighted by Gasteiger charge is 2.21. The second-order valence-electron chi connectivity index (χ2n) is 4.50. The van der Waals surface area contributed by atoms with E-state index >= 15 is 0 Å². The maximum absolute atomic E-state index is 12.0. The molecule has 0 saturated carbocycles. The van der Waals surface area contributed by atoms with Crippen LogP contribution in [0.4, 0.5) is 5.69 Å². The monoisotopic (exact) mass is 316 g/mol. The number of benzene rings is 2. The van der Waals surface area contributed by atoms with Crippen molar-refractivity contribution >= 4 is 27.5 Å². The molecule has 0 aromatic heterocycles. The van der Waals surface area contributed by atoms with Gasteiger partial charge in [0.2, 0.25) is 0 Å². The van der Waals surface area contributed by atoms with Crippen LogP contribution in [0.15, 0.2) is 53.0 Å². The van der Waals surface area contributed by atoms with Crippen LogP contribution in [-0.4, -0.2) is 12.5 Å². The topological polar surface area (TPSA) is 41.1 Å². The minimum atomic E-state index is -0.0253. The number of carbonyl (C=O) groups excluding carboxylic acids is 1. The number of nitrogens with one attached hydrogen (secondary N) is 2. The smallest absolute Gasteiger partial charge is 0.253 e. The fraction of sp³-hybridized carbons (Fsp3) is 0.133. The fourth-order valence-electron chi connectivity index (χ4n) is 2.23. The molecule has 2 aromatic rings. The van der Waals surface area contributed by atoms with Crippen molar-refractivity contribution in [2.24, 2.45) is 0 Å². The second-order valence-corrected chi connectivity index (χ2v) is 5.42. The first-order chi connectivity index (χ1) is 9.24. The van der Waals surface area contributed by atoms with Gasteiger partial charge in [0, 0.05) is 16.7 Å². The van der Waals surface area contributed by atoms with Gasteiger partial charge in [-0.25, -0.2) is 0 Å². The Labute approximate surface area is 120 Å². The van der Waals surface area contributed by atoms with Gasteiger partial charge in [-0.1, -0.05) is 40.2 Å². The lowest BCUT2D eigenvalue weighted by Gasteiger charge is -2.18. The molecule has 0 unspecified atom stereocenters. The molecule has 1 amide bonds. The molecule has 0 fully saturated rings. The molecule has 0 radical (unpaired) electrons. The van der Waals surface area contributed by atoms with Gasteiger partial charge in [0.15, 0.2) is 0 Å². The van der Waals surface area contributed by atoms with Crippen molar-refractivity contribution < 1.29 is 4.79 Å². The van der Waals surface area contributed by atoms with Crippen molar-refractivity contribution in [2.45, 2.75) is 6.04 Å². The minimum absolute atomic E-state index is 0.0253. The first kappa shape index (κ1) is 12.2. The minimum Gasteiger partial charge on any atom is -0.376 e. The molecule has 0 bridgehead atoms. The summed E-state index contributed by atoms with van der Waals surface area (Å²) in [6, 6.07) is 15.8. The third-order valence-corrected chi connectivity index (χ3v) is 3.77. The zero-order valence-electron chi connectivity index (χ0n) is 10.2. The number of anilines is 1. The van der Waals surface area contributed by atoms with Crippen LogP contribution in [0.5, 0.6) is 0 Å². The Kier molecular flexibility index (Phi) is 3.25. The Morgan fingerprint density at radius 3 is 2.58 bits per heavy atom. The molecule has 2 N–H and O–H groups in total. The number of amides is 1. The van der Waals surface area contributed by atoms with Gasteiger partial charge in [-0.2, -0.15) is 0 Å². The van der Waals surface area contributed by atoms with E-state index < -0.39 is 0 Å². The Hall–Kier alpha value is -1.81. The van der Waals surface area contributed by atoms with Crippen molar-refractivity contribution in [3.8, 4) is 0 Å². The lowest BCUT2D eigenvalue weighted by molar-refractivity contribution is 0.0955. The zero-order valence-corrected chi connectivity index (χ0v) is 11.8. The lowest BCUT2D eigenvalue weighted by atomic mass is 10.1. The number of rotatable bonds is 1. The van der Waals surface area contributed by atoms with Gasteiger partial charge in [-0.3, -0.25) is 4.79 Å². The van der Waals surface area contributed by atoms with Crippen LogP contribution in [0.25, 0.3) is 0 Å². The standard InChI is InChI=1S/C15H13BrN2O/c16-11-7-5-10(6-8-11)14-9-17-15(19)12-3-1-2-4-13(12)18-14/h1-8,14,18H,9H2,(H,17,19)/t14-/m1/s1. The molecule has 1 heterocycles. The molecule has 4 heteroatoms. The van der Waals surface area contributed by atoms with Gasteiger partial charge in [-0.05, 0) is 29.8 Å². The number of para-hydroxylation sites is 1. The first-order valence-electron chi connectivity index (χ1n) is 6.13. The van der Waals surface area contributed by atoms with Crippen LogP contribution in [0.3, 0.4) is 0 Å². The van der Waals surface area contributed by atoms with Crippen LogP contribution in [-0.2, 0) is 0 Å². The van der Waals surface area contributed by atoms with E-state index in [0.29, 0.717) is 12.1 Å². The molecule has 1 aliphatic heterocycles. The van der Waals surface area contributed by atoms with E-state index in [1.165, 1.54) is 0 Å². The van der Waals surface area contributed by atoms with Crippen LogP contribution in [0.1, 0.15) is 22.0 Å². The molecule has 96 valence electrons. The lowest BCUT2D eigenvalue weighted by Crippen LogP contribution is -2.27. The summed E-state index contributed by atoms with van der Waals surface area (Å²) in [7, 11) is 0. The summed E-state index contributed by atoms with van der Waals surface area (Å²) in [5.74, 6) is -0.0253. The van der Waals surface area contributed by atoms with Crippen molar-refractivity contribution in [1.82, 2.24) is 5.32 Å². The van der Waals surface area contributed by atoms with Gasteiger partial charge in [0.25, 0.3) is 5.91 Å². The average molecular weight is 317 g/mol. The van der Waals surface area contributed by atoms with Gasteiger partial charge in [0.1, 0.15) is 0 Å². The second kappa shape index (κ2) is 5.05. The third-order valence-electron chi connectivity index (χ3n) is 3.24. The third kappa shape index (κ3) is 2.49. The van der Waals surface area contributed by atoms with Gasteiger partial charge >= 0.3 is 0 Å². The predicted molar refractivity (Wildman–Crippen MR) is 79.3 cm³/mol. The molecule has 1 atom stereocenters. The molecular formula is C15H13BrN2O. The van der Waals surface area contributed by atoms with Crippen LogP contribution in [0, 0.1) is 0 Å². The summed E-state index contributed by atoms with van der Waals surface area (Å²) in [5.41, 5.74) is 2.73. The highest BCUT2D eigenvalue weighted by Crippen LogP contribution is 2.26. The highest BCUT2D eigenvalue weighted by molar-refractivity contribution is 9.10. The average Bonchev–Trinajstić information content (AvgIpc) is 2.60. The van der Waals surface area contributed by atoms with E-state index in [9.17, 15) is 4.79 Å². The molecule has 3 nitrogen and oxygen atoms in total. The summed E-state index contributed by atoms with van der Waals surface area (Å²) in [5, 5.41) is 6.38. The maximum atomic E-state index is 12.0. The number of halogens is 1. The van der Waals surface area contributed by atoms with E-state index in [4.69, 9.17) is 0 Å². The van der Waals surface area contributed by atoms with Crippen LogP contribution < -0.4 is 10.6 Å². The fourth-order valence-corrected chi connectivity index (χ4v) is 2.50. The highest BCUT2D eigenvalue weighted by atomic mass is 79.9. The molecule has 3 rings (SSSR count). The zero-order chi connectivity index (χ0) is 13.2. The first-order valence-corrected chi connectivity index (χ1v) is 6.92. The number of fused-ring (bicyclic) bond motifs is 1. The summed E-state index contributed by atoms with van der Waals surface area (Å²) in [6.07, 6.45) is 0. The number of hydrogen-bond acceptors (Lipinski definition) is 2. The van der Waals surface area contributed by atoms with E-state index in [1.54, 1.807) is 0 Å². The Morgan fingerprint density at radius 2 is 1.79 bits per heavy atom. The largest absolute Gasteiger partial charge is 0.376 e. The molecule has 19 heavy (non-hydrogen) atoms. The Balaban J connectivity index is 1.94. The predicted octanol–water partition coefficient (Wildman–Crippen LogP) is 3.35. The number of carbonyl (C=O) groups is 1. The maximum Gasteiger partial charge on any atom is 0.253 e. The van der Waals surface area contributed by atoms with E-state index in [2.05, 4.69) is 38.7 Å². The molecule has 0 aliphatic carbocycles. The van der Waals surface area contributed by atoms with Crippen molar-refractivity contribution in [3.63, 3.8) is 0 Å². The summed E-state index contributed by atoms with van der Waals surface area (Å²) in [6.45, 7) is 0.579. The van der Waals surface area contributed by atoms with Crippen molar-refractivity contribution in [3.05, 3.63) is 64.1 Å². The molecular weight excluding hydrogens is 304 g/mol. The van der Waals surface area contributed by atoms with Crippen molar-refractivity contribution in [2.75, 3.05) is 11.9 Å². The summed E-state index contributed by atoms with van der Waals surface area (Å²) in [4.78, 5) is 12.0. The molecule has 2 aromatic carbocycles. The van der Waals surface area contributed by atoms with Gasteiger partial charge < -0.3 is 10.6 Å². The normalized spacial score (nSPS) is 17.9. The van der Waals surface area contributed by atoms with Gasteiger partial charge in [-0.15, -0.1) is 0 Å². The molecule has 0 saturated heterocycles. The molecule has 0 spiro atoms. The van der Waals surface area contributed by atoms with Crippen LogP contribution >= 0.6 is 15.9 Å². The molecule has 1 aliphatic rings. The summed E-state index contributed by atoms with van der Waals surface area (Å²) >= 11 is 3.43. The van der Waals surface area contributed by atoms with E-state index in [-0.39, 0.29) is 11.9 Å². The Bertz CT molecular complexity index is 610. The number of hydrogen-bond donors (Lipinski definition) is 2. The SMILES string of the molecule is O=C1NC[C@H](c2ccc(Br)cc2)Nc2ccccc21.